The Hall–Kier alpha value is -0.580. The van der Waals surface area contributed by atoms with Gasteiger partial charge in [0.05, 0.1) is 0 Å². The highest BCUT2D eigenvalue weighted by molar-refractivity contribution is 7.99. The summed E-state index contributed by atoms with van der Waals surface area (Å²) in [6.45, 7) is 0. The van der Waals surface area contributed by atoms with Gasteiger partial charge in [-0.25, -0.2) is 0 Å². The Labute approximate surface area is 113 Å². The van der Waals surface area contributed by atoms with Crippen LogP contribution in [0, 0.1) is 5.92 Å². The van der Waals surface area contributed by atoms with Crippen LogP contribution in [0.25, 0.3) is 0 Å². The van der Waals surface area contributed by atoms with Crippen molar-refractivity contribution in [3.05, 3.63) is 29.6 Å². The minimum absolute atomic E-state index is 0.397. The predicted octanol–water partition coefficient (Wildman–Crippen LogP) is 2.09. The highest BCUT2D eigenvalue weighted by Crippen LogP contribution is 2.38. The molecule has 3 rings (SSSR count). The second kappa shape index (κ2) is 5.59. The normalized spacial score (nSPS) is 28.9. The molecule has 1 aromatic rings. The molecule has 1 aliphatic carbocycles. The number of hydrazine groups is 1. The molecule has 0 spiro atoms. The van der Waals surface area contributed by atoms with Gasteiger partial charge in [-0.15, -0.1) is 0 Å². The van der Waals surface area contributed by atoms with Crippen molar-refractivity contribution in [2.75, 3.05) is 11.5 Å². The summed E-state index contributed by atoms with van der Waals surface area (Å²) in [5.74, 6) is 9.59. The quantitative estimate of drug-likeness (QED) is 0.647. The topological polar surface area (TPSA) is 50.9 Å². The van der Waals surface area contributed by atoms with Crippen LogP contribution in [-0.2, 0) is 6.42 Å². The van der Waals surface area contributed by atoms with Crippen molar-refractivity contribution in [3.8, 4) is 0 Å². The molecule has 3 nitrogen and oxygen atoms in total. The summed E-state index contributed by atoms with van der Waals surface area (Å²) < 4.78 is 0. The molecule has 18 heavy (non-hydrogen) atoms. The van der Waals surface area contributed by atoms with Crippen molar-refractivity contribution in [2.24, 2.45) is 11.8 Å². The fraction of sp³-hybridized carbons (Fsp3) is 0.643. The first-order chi connectivity index (χ1) is 8.90. The van der Waals surface area contributed by atoms with Crippen molar-refractivity contribution >= 4 is 11.8 Å². The lowest BCUT2D eigenvalue weighted by Gasteiger charge is -2.34. The van der Waals surface area contributed by atoms with E-state index in [0.717, 1.165) is 0 Å². The van der Waals surface area contributed by atoms with E-state index in [9.17, 15) is 0 Å². The summed E-state index contributed by atoms with van der Waals surface area (Å²) in [5, 5.41) is 0. The summed E-state index contributed by atoms with van der Waals surface area (Å²) in [4.78, 5) is 4.64. The molecule has 3 unspecified atom stereocenters. The highest BCUT2D eigenvalue weighted by Gasteiger charge is 2.35. The average molecular weight is 263 g/mol. The van der Waals surface area contributed by atoms with Crippen LogP contribution in [-0.4, -0.2) is 22.5 Å². The van der Waals surface area contributed by atoms with Crippen LogP contribution in [0.3, 0.4) is 0 Å². The highest BCUT2D eigenvalue weighted by atomic mass is 32.2. The number of hydrogen-bond acceptors (Lipinski definition) is 4. The zero-order valence-electron chi connectivity index (χ0n) is 10.6. The Morgan fingerprint density at radius 2 is 2.39 bits per heavy atom. The average Bonchev–Trinajstić information content (AvgIpc) is 2.94. The molecule has 1 fully saturated rings. The SMILES string of the molecule is NNC(C1CCSC1)C1CCCc2cccnc21. The first kappa shape index (κ1) is 12.5. The number of aromatic nitrogens is 1. The van der Waals surface area contributed by atoms with E-state index in [1.54, 1.807) is 0 Å². The van der Waals surface area contributed by atoms with Gasteiger partial charge in [-0.1, -0.05) is 6.07 Å². The van der Waals surface area contributed by atoms with Gasteiger partial charge in [-0.3, -0.25) is 16.3 Å². The Balaban J connectivity index is 1.87. The summed E-state index contributed by atoms with van der Waals surface area (Å²) >= 11 is 2.06. The van der Waals surface area contributed by atoms with Crippen LogP contribution in [0.4, 0.5) is 0 Å². The summed E-state index contributed by atoms with van der Waals surface area (Å²) in [6.07, 6.45) is 6.88. The number of pyridine rings is 1. The van der Waals surface area contributed by atoms with E-state index in [2.05, 4.69) is 34.3 Å². The lowest BCUT2D eigenvalue weighted by atomic mass is 9.77. The molecular formula is C14H21N3S. The van der Waals surface area contributed by atoms with Crippen LogP contribution in [0.1, 0.15) is 36.4 Å². The number of fused-ring (bicyclic) bond motifs is 1. The number of nitrogens with zero attached hydrogens (tertiary/aromatic N) is 1. The lowest BCUT2D eigenvalue weighted by molar-refractivity contribution is 0.305. The zero-order chi connectivity index (χ0) is 12.4. The van der Waals surface area contributed by atoms with Crippen molar-refractivity contribution in [3.63, 3.8) is 0 Å². The largest absolute Gasteiger partial charge is 0.271 e. The van der Waals surface area contributed by atoms with E-state index in [-0.39, 0.29) is 0 Å². The van der Waals surface area contributed by atoms with E-state index in [0.29, 0.717) is 17.9 Å². The minimum atomic E-state index is 0.397. The summed E-state index contributed by atoms with van der Waals surface area (Å²) in [7, 11) is 0. The maximum Gasteiger partial charge on any atom is 0.0482 e. The first-order valence-corrected chi connectivity index (χ1v) is 8.03. The molecule has 0 bridgehead atoms. The Morgan fingerprint density at radius 1 is 1.44 bits per heavy atom. The molecule has 4 heteroatoms. The number of thioether (sulfide) groups is 1. The monoisotopic (exact) mass is 263 g/mol. The second-order valence-corrected chi connectivity index (χ2v) is 6.51. The van der Waals surface area contributed by atoms with Gasteiger partial charge in [-0.2, -0.15) is 11.8 Å². The van der Waals surface area contributed by atoms with Gasteiger partial charge < -0.3 is 0 Å². The maximum atomic E-state index is 5.85. The van der Waals surface area contributed by atoms with Crippen molar-refractivity contribution in [1.82, 2.24) is 10.4 Å². The fourth-order valence-corrected chi connectivity index (χ4v) is 4.72. The third-order valence-electron chi connectivity index (χ3n) is 4.34. The fourth-order valence-electron chi connectivity index (χ4n) is 3.41. The van der Waals surface area contributed by atoms with Crippen LogP contribution in [0.15, 0.2) is 18.3 Å². The number of rotatable bonds is 3. The molecule has 1 saturated heterocycles. The zero-order valence-corrected chi connectivity index (χ0v) is 11.5. The van der Waals surface area contributed by atoms with Crippen molar-refractivity contribution in [1.29, 1.82) is 0 Å². The number of nitrogens with two attached hydrogens (primary N) is 1. The molecule has 2 heterocycles. The Morgan fingerprint density at radius 3 is 3.17 bits per heavy atom. The maximum absolute atomic E-state index is 5.85. The predicted molar refractivity (Wildman–Crippen MR) is 76.5 cm³/mol. The minimum Gasteiger partial charge on any atom is -0.271 e. The summed E-state index contributed by atoms with van der Waals surface area (Å²) in [5.41, 5.74) is 5.83. The standard InChI is InChI=1S/C14H21N3S/c15-17-14(11-6-8-18-9-11)12-5-1-3-10-4-2-7-16-13(10)12/h2,4,7,11-12,14,17H,1,3,5-6,8-9,15H2. The third-order valence-corrected chi connectivity index (χ3v) is 5.53. The first-order valence-electron chi connectivity index (χ1n) is 6.88. The third kappa shape index (κ3) is 2.29. The number of hydrogen-bond donors (Lipinski definition) is 2. The van der Waals surface area contributed by atoms with Crippen molar-refractivity contribution < 1.29 is 0 Å². The second-order valence-electron chi connectivity index (χ2n) is 5.36. The molecule has 0 amide bonds. The van der Waals surface area contributed by atoms with Gasteiger partial charge in [-0.05, 0) is 54.7 Å². The molecule has 3 N–H and O–H groups in total. The molecule has 1 aliphatic heterocycles. The smallest absolute Gasteiger partial charge is 0.0482 e. The van der Waals surface area contributed by atoms with E-state index in [4.69, 9.17) is 5.84 Å². The van der Waals surface area contributed by atoms with Crippen molar-refractivity contribution in [2.45, 2.75) is 37.6 Å². The molecule has 2 aliphatic rings. The molecule has 1 aromatic heterocycles. The van der Waals surface area contributed by atoms with E-state index in [1.165, 1.54) is 48.4 Å². The number of nitrogens with one attached hydrogen (secondary N) is 1. The van der Waals surface area contributed by atoms with Gasteiger partial charge in [0.2, 0.25) is 0 Å². The molecule has 0 aromatic carbocycles. The van der Waals surface area contributed by atoms with Gasteiger partial charge >= 0.3 is 0 Å². The Bertz CT molecular complexity index is 404. The van der Waals surface area contributed by atoms with E-state index in [1.807, 2.05) is 6.20 Å². The summed E-state index contributed by atoms with van der Waals surface area (Å²) in [6, 6.07) is 4.68. The van der Waals surface area contributed by atoms with Gasteiger partial charge in [0.25, 0.3) is 0 Å². The van der Waals surface area contributed by atoms with Crippen LogP contribution in [0.2, 0.25) is 0 Å². The van der Waals surface area contributed by atoms with Gasteiger partial charge in [0.15, 0.2) is 0 Å². The molecule has 0 saturated carbocycles. The number of aryl methyl sites for hydroxylation is 1. The lowest BCUT2D eigenvalue weighted by Crippen LogP contribution is -2.46. The van der Waals surface area contributed by atoms with E-state index >= 15 is 0 Å². The van der Waals surface area contributed by atoms with Crippen LogP contribution >= 0.6 is 11.8 Å². The molecule has 3 atom stereocenters. The van der Waals surface area contributed by atoms with Crippen LogP contribution in [0.5, 0.6) is 0 Å². The molecular weight excluding hydrogens is 242 g/mol. The Kier molecular flexibility index (Phi) is 3.87. The van der Waals surface area contributed by atoms with Gasteiger partial charge in [0.1, 0.15) is 0 Å². The van der Waals surface area contributed by atoms with Crippen LogP contribution < -0.4 is 11.3 Å². The van der Waals surface area contributed by atoms with E-state index < -0.39 is 0 Å². The molecule has 0 radical (unpaired) electrons. The molecule has 98 valence electrons. The van der Waals surface area contributed by atoms with Gasteiger partial charge in [0, 0.05) is 23.9 Å².